The molecule has 0 aliphatic rings. The first-order chi connectivity index (χ1) is 14.4. The Labute approximate surface area is 178 Å². The summed E-state index contributed by atoms with van der Waals surface area (Å²) in [5, 5.41) is 16.7. The fraction of sp³-hybridized carbons (Fsp3) is 0.421. The fourth-order valence-electron chi connectivity index (χ4n) is 2.57. The van der Waals surface area contributed by atoms with Crippen molar-refractivity contribution in [2.24, 2.45) is 14.1 Å². The fourth-order valence-corrected chi connectivity index (χ4v) is 2.57. The van der Waals surface area contributed by atoms with E-state index in [1.54, 1.807) is 34.9 Å². The average Bonchev–Trinajstić information content (AvgIpc) is 3.15. The van der Waals surface area contributed by atoms with Gasteiger partial charge in [0.05, 0.1) is 5.69 Å². The van der Waals surface area contributed by atoms with Crippen molar-refractivity contribution < 1.29 is 29.0 Å². The van der Waals surface area contributed by atoms with Gasteiger partial charge in [0.25, 0.3) is 5.91 Å². The minimum atomic E-state index is -1.12. The molecule has 0 saturated heterocycles. The van der Waals surface area contributed by atoms with Crippen molar-refractivity contribution in [2.45, 2.75) is 32.8 Å². The molecule has 0 unspecified atom stereocenters. The zero-order valence-corrected chi connectivity index (χ0v) is 18.0. The van der Waals surface area contributed by atoms with Crippen LogP contribution in [0.25, 0.3) is 0 Å². The van der Waals surface area contributed by atoms with E-state index in [0.29, 0.717) is 5.69 Å². The van der Waals surface area contributed by atoms with Crippen LogP contribution in [0.5, 0.6) is 0 Å². The highest BCUT2D eigenvalue weighted by molar-refractivity contribution is 6.03. The third-order valence-corrected chi connectivity index (χ3v) is 3.85. The highest BCUT2D eigenvalue weighted by Gasteiger charge is 2.19. The molecule has 2 aromatic rings. The van der Waals surface area contributed by atoms with Crippen molar-refractivity contribution in [3.63, 3.8) is 0 Å². The van der Waals surface area contributed by atoms with Crippen molar-refractivity contribution >= 4 is 35.4 Å². The summed E-state index contributed by atoms with van der Waals surface area (Å²) in [6, 6.07) is 1.32. The van der Waals surface area contributed by atoms with Gasteiger partial charge < -0.3 is 34.9 Å². The molecule has 0 aliphatic heterocycles. The topological polar surface area (TPSA) is 157 Å². The number of imidazole rings is 1. The Balaban J connectivity index is 1.91. The lowest BCUT2D eigenvalue weighted by molar-refractivity contribution is -0.116. The van der Waals surface area contributed by atoms with E-state index in [1.807, 2.05) is 0 Å². The van der Waals surface area contributed by atoms with Crippen LogP contribution >= 0.6 is 0 Å². The van der Waals surface area contributed by atoms with Crippen LogP contribution in [0.1, 0.15) is 48.3 Å². The number of carbonyl (C=O) groups is 4. The molecule has 0 spiro atoms. The summed E-state index contributed by atoms with van der Waals surface area (Å²) in [5.74, 6) is -1.92. The Morgan fingerprint density at radius 1 is 1.10 bits per heavy atom. The summed E-state index contributed by atoms with van der Waals surface area (Å²) in [6.45, 7) is 5.27. The number of anilines is 2. The van der Waals surface area contributed by atoms with Gasteiger partial charge in [-0.05, 0) is 26.8 Å². The number of ether oxygens (including phenoxy) is 1. The number of aryl methyl sites for hydroxylation is 2. The smallest absolute Gasteiger partial charge is 0.407 e. The number of hydrogen-bond donors (Lipinski definition) is 4. The minimum Gasteiger partial charge on any atom is -0.477 e. The van der Waals surface area contributed by atoms with Gasteiger partial charge in [-0.1, -0.05) is 0 Å². The molecule has 2 heterocycles. The van der Waals surface area contributed by atoms with Crippen molar-refractivity contribution in [2.75, 3.05) is 17.2 Å². The molecule has 0 fully saturated rings. The van der Waals surface area contributed by atoms with Crippen LogP contribution in [0, 0.1) is 0 Å². The van der Waals surface area contributed by atoms with Crippen molar-refractivity contribution in [3.05, 3.63) is 30.0 Å². The maximum Gasteiger partial charge on any atom is 0.407 e. The molecule has 12 heteroatoms. The van der Waals surface area contributed by atoms with Gasteiger partial charge in [-0.2, -0.15) is 0 Å². The van der Waals surface area contributed by atoms with E-state index < -0.39 is 29.5 Å². The van der Waals surface area contributed by atoms with E-state index >= 15 is 0 Å². The molecule has 31 heavy (non-hydrogen) atoms. The molecule has 2 rings (SSSR count). The molecule has 0 bridgehead atoms. The number of nitrogens with one attached hydrogen (secondary N) is 3. The number of hydrogen-bond acceptors (Lipinski definition) is 6. The summed E-state index contributed by atoms with van der Waals surface area (Å²) >= 11 is 0. The maximum absolute atomic E-state index is 12.5. The van der Waals surface area contributed by atoms with Crippen LogP contribution in [0.15, 0.2) is 18.5 Å². The normalized spacial score (nSPS) is 11.0. The number of aromatic nitrogens is 3. The van der Waals surface area contributed by atoms with Gasteiger partial charge in [0, 0.05) is 39.5 Å². The summed E-state index contributed by atoms with van der Waals surface area (Å²) in [6.07, 6.45) is 2.29. The monoisotopic (exact) mass is 434 g/mol. The predicted octanol–water partition coefficient (Wildman–Crippen LogP) is 1.56. The van der Waals surface area contributed by atoms with Crippen LogP contribution in [0.4, 0.5) is 16.3 Å². The maximum atomic E-state index is 12.5. The Morgan fingerprint density at radius 2 is 1.77 bits per heavy atom. The van der Waals surface area contributed by atoms with Gasteiger partial charge in [-0.3, -0.25) is 9.59 Å². The van der Waals surface area contributed by atoms with Crippen LogP contribution < -0.4 is 16.0 Å². The van der Waals surface area contributed by atoms with E-state index in [0.717, 1.165) is 0 Å². The summed E-state index contributed by atoms with van der Waals surface area (Å²) in [5.41, 5.74) is -0.318. The number of nitrogens with zero attached hydrogens (tertiary/aromatic N) is 3. The molecule has 4 N–H and O–H groups in total. The Bertz CT molecular complexity index is 1000. The second kappa shape index (κ2) is 9.32. The third-order valence-electron chi connectivity index (χ3n) is 3.85. The summed E-state index contributed by atoms with van der Waals surface area (Å²) < 4.78 is 7.87. The van der Waals surface area contributed by atoms with Crippen LogP contribution in [0.2, 0.25) is 0 Å². The summed E-state index contributed by atoms with van der Waals surface area (Å²) in [7, 11) is 3.13. The third kappa shape index (κ3) is 6.87. The van der Waals surface area contributed by atoms with Crippen LogP contribution in [-0.4, -0.2) is 55.2 Å². The SMILES string of the molecule is Cn1cc(NC(=O)c2nc(NC(=O)CCNC(=O)OC(C)(C)C)cn2C)cc1C(=O)O. The number of alkyl carbamates (subject to hydrolysis) is 1. The first-order valence-electron chi connectivity index (χ1n) is 9.37. The van der Waals surface area contributed by atoms with E-state index in [4.69, 9.17) is 9.84 Å². The van der Waals surface area contributed by atoms with Gasteiger partial charge in [0.2, 0.25) is 11.7 Å². The van der Waals surface area contributed by atoms with Gasteiger partial charge in [-0.15, -0.1) is 0 Å². The Hall–Kier alpha value is -3.83. The van der Waals surface area contributed by atoms with E-state index in [2.05, 4.69) is 20.9 Å². The number of rotatable bonds is 7. The van der Waals surface area contributed by atoms with Crippen LogP contribution in [0.3, 0.4) is 0 Å². The zero-order chi connectivity index (χ0) is 23.3. The highest BCUT2D eigenvalue weighted by Crippen LogP contribution is 2.15. The first kappa shape index (κ1) is 23.4. The number of carbonyl (C=O) groups excluding carboxylic acids is 3. The standard InChI is InChI=1S/C19H26N6O6/c1-19(2,3)31-18(30)20-7-6-14(26)22-13-10-25(5)15(23-13)16(27)21-11-8-12(17(28)29)24(4)9-11/h8-10H,6-7H2,1-5H3,(H,20,30)(H,21,27)(H,22,26)(H,28,29). The van der Waals surface area contributed by atoms with Gasteiger partial charge in [-0.25, -0.2) is 14.6 Å². The second-order valence-electron chi connectivity index (χ2n) is 7.77. The molecular formula is C19H26N6O6. The van der Waals surface area contributed by atoms with E-state index in [9.17, 15) is 19.2 Å². The molecular weight excluding hydrogens is 408 g/mol. The molecule has 3 amide bonds. The number of carboxylic acid groups (broad SMARTS) is 1. The molecule has 0 radical (unpaired) electrons. The number of aromatic carboxylic acids is 1. The summed E-state index contributed by atoms with van der Waals surface area (Å²) in [4.78, 5) is 51.3. The lowest BCUT2D eigenvalue weighted by Gasteiger charge is -2.19. The zero-order valence-electron chi connectivity index (χ0n) is 18.0. The molecule has 0 aliphatic carbocycles. The van der Waals surface area contributed by atoms with Gasteiger partial charge in [0.1, 0.15) is 11.3 Å². The van der Waals surface area contributed by atoms with Gasteiger partial charge >= 0.3 is 12.1 Å². The molecule has 168 valence electrons. The Kier molecular flexibility index (Phi) is 7.05. The lowest BCUT2D eigenvalue weighted by atomic mass is 10.2. The first-order valence-corrected chi connectivity index (χ1v) is 9.37. The molecule has 12 nitrogen and oxygen atoms in total. The predicted molar refractivity (Wildman–Crippen MR) is 111 cm³/mol. The molecule has 2 aromatic heterocycles. The average molecular weight is 434 g/mol. The largest absolute Gasteiger partial charge is 0.477 e. The van der Waals surface area contributed by atoms with Crippen molar-refractivity contribution in [3.8, 4) is 0 Å². The van der Waals surface area contributed by atoms with E-state index in [-0.39, 0.29) is 30.3 Å². The minimum absolute atomic E-state index is 0.0146. The second-order valence-corrected chi connectivity index (χ2v) is 7.77. The number of amides is 3. The highest BCUT2D eigenvalue weighted by atomic mass is 16.6. The molecule has 0 saturated carbocycles. The number of carboxylic acids is 1. The van der Waals surface area contributed by atoms with Crippen molar-refractivity contribution in [1.29, 1.82) is 0 Å². The van der Waals surface area contributed by atoms with Crippen LogP contribution in [-0.2, 0) is 23.6 Å². The van der Waals surface area contributed by atoms with E-state index in [1.165, 1.54) is 27.6 Å². The van der Waals surface area contributed by atoms with Gasteiger partial charge in [0.15, 0.2) is 5.82 Å². The lowest BCUT2D eigenvalue weighted by Crippen LogP contribution is -2.34. The molecule has 0 atom stereocenters. The van der Waals surface area contributed by atoms with Crippen molar-refractivity contribution in [1.82, 2.24) is 19.4 Å². The quantitative estimate of drug-likeness (QED) is 0.515. The molecule has 0 aromatic carbocycles. The Morgan fingerprint density at radius 3 is 2.35 bits per heavy atom.